The maximum Gasteiger partial charge on any atom is 0.340 e. The molecule has 0 unspecified atom stereocenters. The van der Waals surface area contributed by atoms with E-state index in [1.807, 2.05) is 0 Å². The van der Waals surface area contributed by atoms with Crippen LogP contribution in [-0.2, 0) is 9.53 Å². The Morgan fingerprint density at radius 1 is 1.48 bits per heavy atom. The molecule has 0 radical (unpaired) electrons. The maximum absolute atomic E-state index is 14.0. The smallest absolute Gasteiger partial charge is 0.340 e. The van der Waals surface area contributed by atoms with E-state index in [0.29, 0.717) is 0 Å². The SMILES string of the molecule is COC(=O)c1cc(N(C)CC(=O)NC2CC2)c(F)cc1N. The average Bonchev–Trinajstić information content (AvgIpc) is 3.21. The number of nitrogens with one attached hydrogen (secondary N) is 1. The number of carbonyl (C=O) groups excluding carboxylic acids is 2. The van der Waals surface area contributed by atoms with Crippen molar-refractivity contribution >= 4 is 23.3 Å². The molecule has 1 fully saturated rings. The summed E-state index contributed by atoms with van der Waals surface area (Å²) in [5.74, 6) is -1.43. The van der Waals surface area contributed by atoms with E-state index >= 15 is 0 Å². The predicted octanol–water partition coefficient (Wildman–Crippen LogP) is 0.909. The van der Waals surface area contributed by atoms with E-state index in [0.717, 1.165) is 18.9 Å². The van der Waals surface area contributed by atoms with Gasteiger partial charge in [0.1, 0.15) is 5.82 Å². The first-order valence-electron chi connectivity index (χ1n) is 6.60. The Balaban J connectivity index is 2.16. The second-order valence-corrected chi connectivity index (χ2v) is 5.08. The summed E-state index contributed by atoms with van der Waals surface area (Å²) in [4.78, 5) is 24.7. The second kappa shape index (κ2) is 5.99. The molecular formula is C14H18FN3O3. The van der Waals surface area contributed by atoms with Crippen LogP contribution < -0.4 is 16.0 Å². The number of rotatable bonds is 5. The summed E-state index contributed by atoms with van der Waals surface area (Å²) < 4.78 is 18.6. The minimum Gasteiger partial charge on any atom is -0.465 e. The molecule has 114 valence electrons. The van der Waals surface area contributed by atoms with Crippen molar-refractivity contribution in [1.82, 2.24) is 5.32 Å². The number of hydrogen-bond donors (Lipinski definition) is 2. The highest BCUT2D eigenvalue weighted by molar-refractivity contribution is 5.96. The first-order chi connectivity index (χ1) is 9.92. The molecule has 0 aliphatic heterocycles. The van der Waals surface area contributed by atoms with Gasteiger partial charge in [-0.3, -0.25) is 4.79 Å². The Hall–Kier alpha value is -2.31. The molecule has 3 N–H and O–H groups in total. The van der Waals surface area contributed by atoms with Crippen LogP contribution in [-0.4, -0.2) is 38.6 Å². The molecule has 21 heavy (non-hydrogen) atoms. The largest absolute Gasteiger partial charge is 0.465 e. The van der Waals surface area contributed by atoms with Crippen molar-refractivity contribution in [3.8, 4) is 0 Å². The summed E-state index contributed by atoms with van der Waals surface area (Å²) in [5, 5.41) is 2.81. The number of nitrogens with two attached hydrogens (primary N) is 1. The van der Waals surface area contributed by atoms with E-state index in [2.05, 4.69) is 10.1 Å². The third-order valence-corrected chi connectivity index (χ3v) is 3.26. The van der Waals surface area contributed by atoms with Crippen molar-refractivity contribution in [3.05, 3.63) is 23.5 Å². The lowest BCUT2D eigenvalue weighted by Gasteiger charge is -2.20. The van der Waals surface area contributed by atoms with Crippen molar-refractivity contribution in [2.24, 2.45) is 0 Å². The number of anilines is 2. The number of halogens is 1. The molecular weight excluding hydrogens is 277 g/mol. The van der Waals surface area contributed by atoms with E-state index < -0.39 is 11.8 Å². The van der Waals surface area contributed by atoms with E-state index in [-0.39, 0.29) is 35.4 Å². The van der Waals surface area contributed by atoms with Gasteiger partial charge in [-0.1, -0.05) is 0 Å². The quantitative estimate of drug-likeness (QED) is 0.623. The number of methoxy groups -OCH3 is 1. The highest BCUT2D eigenvalue weighted by Gasteiger charge is 2.24. The van der Waals surface area contributed by atoms with E-state index in [1.165, 1.54) is 18.1 Å². The maximum atomic E-state index is 14.0. The van der Waals surface area contributed by atoms with Gasteiger partial charge in [-0.2, -0.15) is 0 Å². The van der Waals surface area contributed by atoms with Crippen LogP contribution in [0.25, 0.3) is 0 Å². The van der Waals surface area contributed by atoms with Gasteiger partial charge >= 0.3 is 5.97 Å². The molecule has 1 aliphatic carbocycles. The number of ether oxygens (including phenoxy) is 1. The minimum absolute atomic E-state index is 0.000989. The third kappa shape index (κ3) is 3.62. The number of esters is 1. The van der Waals surface area contributed by atoms with Crippen LogP contribution in [0.2, 0.25) is 0 Å². The van der Waals surface area contributed by atoms with Crippen molar-refractivity contribution in [2.75, 3.05) is 31.3 Å². The summed E-state index contributed by atoms with van der Waals surface area (Å²) in [6, 6.07) is 2.59. The normalized spacial score (nSPS) is 13.7. The second-order valence-electron chi connectivity index (χ2n) is 5.08. The van der Waals surface area contributed by atoms with Crippen molar-refractivity contribution in [1.29, 1.82) is 0 Å². The zero-order valence-corrected chi connectivity index (χ0v) is 12.0. The Morgan fingerprint density at radius 3 is 2.71 bits per heavy atom. The number of hydrogen-bond acceptors (Lipinski definition) is 5. The topological polar surface area (TPSA) is 84.7 Å². The van der Waals surface area contributed by atoms with Gasteiger partial charge in [0.2, 0.25) is 5.91 Å². The summed E-state index contributed by atoms with van der Waals surface area (Å²) in [7, 11) is 2.79. The Labute approximate surface area is 122 Å². The van der Waals surface area contributed by atoms with Gasteiger partial charge in [0, 0.05) is 18.8 Å². The molecule has 2 rings (SSSR count). The Morgan fingerprint density at radius 2 is 2.14 bits per heavy atom. The molecule has 0 heterocycles. The molecule has 0 saturated heterocycles. The van der Waals surface area contributed by atoms with Gasteiger partial charge in [-0.25, -0.2) is 9.18 Å². The van der Waals surface area contributed by atoms with Crippen LogP contribution in [0.4, 0.5) is 15.8 Å². The summed E-state index contributed by atoms with van der Waals surface area (Å²) in [6.07, 6.45) is 1.97. The van der Waals surface area contributed by atoms with Gasteiger partial charge < -0.3 is 20.7 Å². The van der Waals surface area contributed by atoms with Gasteiger partial charge in [-0.15, -0.1) is 0 Å². The van der Waals surface area contributed by atoms with Gasteiger partial charge in [0.15, 0.2) is 0 Å². The minimum atomic E-state index is -0.649. The van der Waals surface area contributed by atoms with Crippen molar-refractivity contribution < 1.29 is 18.7 Å². The zero-order valence-electron chi connectivity index (χ0n) is 12.0. The standard InChI is InChI=1S/C14H18FN3O3/c1-18(7-13(19)17-8-3-4-8)12-5-9(14(20)21-2)11(16)6-10(12)15/h5-6,8H,3-4,7,16H2,1-2H3,(H,17,19). The summed E-state index contributed by atoms with van der Waals surface area (Å²) in [5.41, 5.74) is 5.80. The molecule has 0 spiro atoms. The monoisotopic (exact) mass is 295 g/mol. The fourth-order valence-corrected chi connectivity index (χ4v) is 1.96. The molecule has 1 saturated carbocycles. The molecule has 0 atom stereocenters. The van der Waals surface area contributed by atoms with E-state index in [9.17, 15) is 14.0 Å². The fourth-order valence-electron chi connectivity index (χ4n) is 1.96. The number of nitrogen functional groups attached to an aromatic ring is 1. The molecule has 1 aromatic carbocycles. The number of amides is 1. The van der Waals surface area contributed by atoms with Crippen molar-refractivity contribution in [2.45, 2.75) is 18.9 Å². The molecule has 0 bridgehead atoms. The molecule has 1 aromatic rings. The molecule has 1 amide bonds. The fraction of sp³-hybridized carbons (Fsp3) is 0.429. The number of nitrogens with zero attached hydrogens (tertiary/aromatic N) is 1. The number of likely N-dealkylation sites (N-methyl/N-ethyl adjacent to an activating group) is 1. The lowest BCUT2D eigenvalue weighted by atomic mass is 10.1. The van der Waals surface area contributed by atoms with Crippen LogP contribution in [0.15, 0.2) is 12.1 Å². The third-order valence-electron chi connectivity index (χ3n) is 3.26. The van der Waals surface area contributed by atoms with Gasteiger partial charge in [0.25, 0.3) is 0 Å². The first-order valence-corrected chi connectivity index (χ1v) is 6.60. The predicted molar refractivity (Wildman–Crippen MR) is 76.6 cm³/mol. The van der Waals surface area contributed by atoms with Crippen LogP contribution in [0.1, 0.15) is 23.2 Å². The molecule has 6 nitrogen and oxygen atoms in total. The molecule has 0 aromatic heterocycles. The Bertz CT molecular complexity index is 573. The highest BCUT2D eigenvalue weighted by atomic mass is 19.1. The molecule has 7 heteroatoms. The van der Waals surface area contributed by atoms with E-state index in [4.69, 9.17) is 5.73 Å². The molecule has 1 aliphatic rings. The van der Waals surface area contributed by atoms with E-state index in [1.54, 1.807) is 7.05 Å². The van der Waals surface area contributed by atoms with Crippen LogP contribution in [0, 0.1) is 5.82 Å². The Kier molecular flexibility index (Phi) is 4.30. The number of benzene rings is 1. The summed E-state index contributed by atoms with van der Waals surface area (Å²) in [6.45, 7) is -0.00203. The van der Waals surface area contributed by atoms with Crippen LogP contribution >= 0.6 is 0 Å². The van der Waals surface area contributed by atoms with Crippen molar-refractivity contribution in [3.63, 3.8) is 0 Å². The lowest BCUT2D eigenvalue weighted by Crippen LogP contribution is -2.36. The van der Waals surface area contributed by atoms with Crippen LogP contribution in [0.5, 0.6) is 0 Å². The lowest BCUT2D eigenvalue weighted by molar-refractivity contribution is -0.119. The first kappa shape index (κ1) is 15.1. The van der Waals surface area contributed by atoms with Crippen LogP contribution in [0.3, 0.4) is 0 Å². The van der Waals surface area contributed by atoms with Gasteiger partial charge in [0.05, 0.1) is 24.9 Å². The average molecular weight is 295 g/mol. The number of carbonyl (C=O) groups is 2. The van der Waals surface area contributed by atoms with Gasteiger partial charge in [-0.05, 0) is 25.0 Å². The zero-order chi connectivity index (χ0) is 15.6. The highest BCUT2D eigenvalue weighted by Crippen LogP contribution is 2.25. The summed E-state index contributed by atoms with van der Waals surface area (Å²) >= 11 is 0.